The van der Waals surface area contributed by atoms with Gasteiger partial charge in [-0.2, -0.15) is 0 Å². The molecule has 3 rings (SSSR count). The Kier molecular flexibility index (Phi) is 5.98. The fourth-order valence-corrected chi connectivity index (χ4v) is 3.75. The molecule has 0 amide bonds. The molecule has 3 aliphatic rings. The third kappa shape index (κ3) is 4.61. The van der Waals surface area contributed by atoms with E-state index in [0.717, 1.165) is 24.0 Å². The predicted octanol–water partition coefficient (Wildman–Crippen LogP) is 2.79. The second-order valence-electron chi connectivity index (χ2n) is 8.13. The first-order valence-electron chi connectivity index (χ1n) is 9.89. The number of carbonyl (C=O) groups is 3. The molecular formula is C22H28O7. The number of hydrogen-bond donors (Lipinski definition) is 0. The van der Waals surface area contributed by atoms with Crippen LogP contribution in [0.3, 0.4) is 0 Å². The second-order valence-corrected chi connectivity index (χ2v) is 8.13. The minimum Gasteiger partial charge on any atom is -0.461 e. The molecule has 0 N–H and O–H groups in total. The van der Waals surface area contributed by atoms with E-state index in [-0.39, 0.29) is 24.3 Å². The zero-order chi connectivity index (χ0) is 21.3. The molecule has 1 aliphatic carbocycles. The average Bonchev–Trinajstić information content (AvgIpc) is 3.16. The lowest BCUT2D eigenvalue weighted by Crippen LogP contribution is -2.38. The summed E-state index contributed by atoms with van der Waals surface area (Å²) in [5.41, 5.74) is 1.18. The van der Waals surface area contributed by atoms with Crippen molar-refractivity contribution in [3.8, 4) is 0 Å². The summed E-state index contributed by atoms with van der Waals surface area (Å²) in [5.74, 6) is -1.87. The normalized spacial score (nSPS) is 37.9. The molecule has 0 unspecified atom stereocenters. The minimum atomic E-state index is -0.985. The third-order valence-corrected chi connectivity index (χ3v) is 5.81. The predicted molar refractivity (Wildman–Crippen MR) is 104 cm³/mol. The monoisotopic (exact) mass is 404 g/mol. The average molecular weight is 404 g/mol. The van der Waals surface area contributed by atoms with Crippen molar-refractivity contribution >= 4 is 17.9 Å². The number of esters is 3. The molecule has 29 heavy (non-hydrogen) atoms. The van der Waals surface area contributed by atoms with Crippen molar-refractivity contribution < 1.29 is 33.3 Å². The van der Waals surface area contributed by atoms with E-state index in [0.29, 0.717) is 6.42 Å². The van der Waals surface area contributed by atoms with E-state index in [1.54, 1.807) is 13.8 Å². The van der Waals surface area contributed by atoms with Crippen LogP contribution in [0.25, 0.3) is 0 Å². The highest BCUT2D eigenvalue weighted by atomic mass is 16.7. The Hall–Kier alpha value is -2.41. The van der Waals surface area contributed by atoms with E-state index >= 15 is 0 Å². The van der Waals surface area contributed by atoms with Crippen LogP contribution in [0, 0.1) is 5.92 Å². The van der Waals surface area contributed by atoms with Crippen molar-refractivity contribution in [3.63, 3.8) is 0 Å². The topological polar surface area (TPSA) is 91.4 Å². The smallest absolute Gasteiger partial charge is 0.341 e. The molecule has 0 spiro atoms. The van der Waals surface area contributed by atoms with Gasteiger partial charge in [0.05, 0.1) is 12.0 Å². The Morgan fingerprint density at radius 3 is 2.69 bits per heavy atom. The Balaban J connectivity index is 1.91. The van der Waals surface area contributed by atoms with Crippen molar-refractivity contribution in [2.75, 3.05) is 6.61 Å². The highest BCUT2D eigenvalue weighted by molar-refractivity contribution is 5.91. The minimum absolute atomic E-state index is 0.106. The van der Waals surface area contributed by atoms with Crippen LogP contribution in [0.1, 0.15) is 47.0 Å². The molecule has 2 fully saturated rings. The first kappa shape index (κ1) is 21.3. The third-order valence-electron chi connectivity index (χ3n) is 5.81. The lowest BCUT2D eigenvalue weighted by atomic mass is 9.85. The van der Waals surface area contributed by atoms with Crippen LogP contribution in [-0.4, -0.2) is 48.4 Å². The van der Waals surface area contributed by atoms with Crippen LogP contribution in [-0.2, 0) is 33.3 Å². The summed E-state index contributed by atoms with van der Waals surface area (Å²) in [6, 6.07) is 0. The maximum Gasteiger partial charge on any atom is 0.341 e. The van der Waals surface area contributed by atoms with Crippen LogP contribution in [0.15, 0.2) is 35.5 Å². The fourth-order valence-electron chi connectivity index (χ4n) is 3.75. The van der Waals surface area contributed by atoms with E-state index in [9.17, 15) is 14.4 Å². The summed E-state index contributed by atoms with van der Waals surface area (Å²) in [6.07, 6.45) is 4.27. The van der Waals surface area contributed by atoms with E-state index in [2.05, 4.69) is 6.58 Å². The molecule has 2 aliphatic heterocycles. The molecule has 7 nitrogen and oxygen atoms in total. The van der Waals surface area contributed by atoms with Crippen molar-refractivity contribution in [2.24, 2.45) is 5.92 Å². The van der Waals surface area contributed by atoms with E-state index in [4.69, 9.17) is 18.9 Å². The molecule has 2 saturated heterocycles. The Morgan fingerprint density at radius 2 is 2.07 bits per heavy atom. The molecule has 0 aromatic heterocycles. The van der Waals surface area contributed by atoms with Gasteiger partial charge in [0.2, 0.25) is 0 Å². The summed E-state index contributed by atoms with van der Waals surface area (Å²) >= 11 is 0. The summed E-state index contributed by atoms with van der Waals surface area (Å²) in [7, 11) is 0. The lowest BCUT2D eigenvalue weighted by molar-refractivity contribution is -0.158. The molecule has 7 heteroatoms. The van der Waals surface area contributed by atoms with Gasteiger partial charge in [-0.05, 0) is 45.3 Å². The SMILES string of the molecule is C=C1C(=O)O[C@@H]2/C=C(/C)CC/C=C(/COC(C)=O)C[C@@H](OC(=O)[C@@]3(C)O[C@H]3C)[C@@H]12. The molecule has 158 valence electrons. The van der Waals surface area contributed by atoms with Crippen molar-refractivity contribution in [3.05, 3.63) is 35.5 Å². The van der Waals surface area contributed by atoms with E-state index in [1.807, 2.05) is 19.1 Å². The van der Waals surface area contributed by atoms with Gasteiger partial charge >= 0.3 is 17.9 Å². The van der Waals surface area contributed by atoms with E-state index in [1.165, 1.54) is 6.92 Å². The number of fused-ring (bicyclic) bond motifs is 1. The highest BCUT2D eigenvalue weighted by Crippen LogP contribution is 2.40. The molecule has 0 aromatic carbocycles. The van der Waals surface area contributed by atoms with Crippen LogP contribution in [0.5, 0.6) is 0 Å². The van der Waals surface area contributed by atoms with E-state index < -0.39 is 35.7 Å². The van der Waals surface area contributed by atoms with Crippen LogP contribution in [0.4, 0.5) is 0 Å². The summed E-state index contributed by atoms with van der Waals surface area (Å²) in [5, 5.41) is 0. The van der Waals surface area contributed by atoms with Gasteiger partial charge in [-0.15, -0.1) is 0 Å². The highest BCUT2D eigenvalue weighted by Gasteiger charge is 2.58. The number of carbonyl (C=O) groups excluding carboxylic acids is 3. The Morgan fingerprint density at radius 1 is 1.38 bits per heavy atom. The fraction of sp³-hybridized carbons (Fsp3) is 0.591. The maximum absolute atomic E-state index is 12.7. The van der Waals surface area contributed by atoms with Gasteiger partial charge in [0.15, 0.2) is 5.60 Å². The standard InChI is InChI=1S/C22H28O7/c1-12-7-6-8-16(11-26-15(4)23)10-18(28-21(25)22(5)14(3)29-22)19-13(2)20(24)27-17(19)9-12/h8-9,14,17-19H,2,6-7,10-11H2,1,3-5H3/b12-9-,16-8+/t14-,17+,18+,19-,22-/m0/s1. The summed E-state index contributed by atoms with van der Waals surface area (Å²) in [6.45, 7) is 10.8. The molecule has 0 bridgehead atoms. The zero-order valence-electron chi connectivity index (χ0n) is 17.4. The largest absolute Gasteiger partial charge is 0.461 e. The Labute approximate surface area is 170 Å². The van der Waals surface area contributed by atoms with Crippen LogP contribution < -0.4 is 0 Å². The number of epoxide rings is 1. The van der Waals surface area contributed by atoms with Crippen molar-refractivity contribution in [2.45, 2.75) is 70.9 Å². The second kappa shape index (κ2) is 8.14. The zero-order valence-corrected chi connectivity index (χ0v) is 17.4. The maximum atomic E-state index is 12.7. The van der Waals surface area contributed by atoms with Gasteiger partial charge in [0.1, 0.15) is 18.8 Å². The van der Waals surface area contributed by atoms with Gasteiger partial charge in [-0.25, -0.2) is 9.59 Å². The molecular weight excluding hydrogens is 376 g/mol. The summed E-state index contributed by atoms with van der Waals surface area (Å²) < 4.78 is 21.9. The number of allylic oxidation sites excluding steroid dienone is 2. The number of hydrogen-bond acceptors (Lipinski definition) is 7. The first-order valence-corrected chi connectivity index (χ1v) is 9.89. The van der Waals surface area contributed by atoms with Crippen molar-refractivity contribution in [1.82, 2.24) is 0 Å². The molecule has 0 saturated carbocycles. The van der Waals surface area contributed by atoms with Gasteiger partial charge < -0.3 is 18.9 Å². The number of ether oxygens (including phenoxy) is 4. The number of rotatable bonds is 4. The quantitative estimate of drug-likeness (QED) is 0.234. The lowest BCUT2D eigenvalue weighted by Gasteiger charge is -2.28. The molecule has 5 atom stereocenters. The molecule has 0 radical (unpaired) electrons. The Bertz CT molecular complexity index is 793. The van der Waals surface area contributed by atoms with Crippen molar-refractivity contribution in [1.29, 1.82) is 0 Å². The van der Waals surface area contributed by atoms with Crippen LogP contribution in [0.2, 0.25) is 0 Å². The molecule has 2 heterocycles. The van der Waals surface area contributed by atoms with Gasteiger partial charge in [-0.3, -0.25) is 4.79 Å². The van der Waals surface area contributed by atoms with Gasteiger partial charge in [0.25, 0.3) is 0 Å². The summed E-state index contributed by atoms with van der Waals surface area (Å²) in [4.78, 5) is 36.3. The van der Waals surface area contributed by atoms with Gasteiger partial charge in [-0.1, -0.05) is 18.2 Å². The van der Waals surface area contributed by atoms with Gasteiger partial charge in [0, 0.05) is 18.9 Å². The van der Waals surface area contributed by atoms with Crippen LogP contribution >= 0.6 is 0 Å². The first-order chi connectivity index (χ1) is 13.6. The molecule has 0 aromatic rings.